The second-order valence-electron chi connectivity index (χ2n) is 5.19. The van der Waals surface area contributed by atoms with E-state index in [9.17, 15) is 5.11 Å². The molecule has 0 aromatic heterocycles. The molecule has 18 heavy (non-hydrogen) atoms. The Morgan fingerprint density at radius 3 is 2.67 bits per heavy atom. The second kappa shape index (κ2) is 5.37. The molecule has 1 saturated carbocycles. The Balaban J connectivity index is 2.27. The van der Waals surface area contributed by atoms with Crippen LogP contribution in [0.3, 0.4) is 0 Å². The number of nitrogen functional groups attached to an aromatic ring is 1. The Labute approximate surface area is 114 Å². The first-order valence-electron chi connectivity index (χ1n) is 6.47. The molecular weight excluding hydrogens is 248 g/mol. The number of rotatable bonds is 2. The molecule has 100 valence electrons. The predicted octanol–water partition coefficient (Wildman–Crippen LogP) is 2.97. The molecule has 0 amide bonds. The zero-order chi connectivity index (χ0) is 13.3. The number of hydrogen-bond acceptors (Lipinski definition) is 3. The molecule has 2 atom stereocenters. The van der Waals surface area contributed by atoms with Gasteiger partial charge in [0.1, 0.15) is 0 Å². The molecular formula is C14H21ClN2O. The second-order valence-corrected chi connectivity index (χ2v) is 5.60. The molecule has 1 fully saturated rings. The van der Waals surface area contributed by atoms with Crippen LogP contribution in [0.2, 0.25) is 5.02 Å². The van der Waals surface area contributed by atoms with Crippen LogP contribution in [0.1, 0.15) is 31.2 Å². The number of benzene rings is 1. The summed E-state index contributed by atoms with van der Waals surface area (Å²) in [6, 6.07) is 3.97. The lowest BCUT2D eigenvalue weighted by Crippen LogP contribution is -2.43. The molecule has 0 radical (unpaired) electrons. The van der Waals surface area contributed by atoms with Crippen molar-refractivity contribution >= 4 is 23.0 Å². The van der Waals surface area contributed by atoms with E-state index < -0.39 is 0 Å². The zero-order valence-electron chi connectivity index (χ0n) is 11.0. The number of anilines is 2. The maximum Gasteiger partial charge on any atom is 0.0743 e. The third kappa shape index (κ3) is 2.57. The standard InChI is InChI=1S/C14H21ClN2O/c1-9-7-11(16)10(15)8-13(9)17(2)12-5-3-4-6-14(12)18/h7-8,12,14,18H,3-6,16H2,1-2H3. The molecule has 4 heteroatoms. The number of likely N-dealkylation sites (N-methyl/N-ethyl adjacent to an activating group) is 1. The minimum absolute atomic E-state index is 0.178. The smallest absolute Gasteiger partial charge is 0.0743 e. The van der Waals surface area contributed by atoms with Crippen LogP contribution in [0.15, 0.2) is 12.1 Å². The molecule has 2 rings (SSSR count). The summed E-state index contributed by atoms with van der Waals surface area (Å²) in [6.07, 6.45) is 3.95. The van der Waals surface area contributed by atoms with Crippen molar-refractivity contribution in [1.82, 2.24) is 0 Å². The molecule has 0 spiro atoms. The minimum atomic E-state index is -0.250. The van der Waals surface area contributed by atoms with Crippen LogP contribution in [0.4, 0.5) is 11.4 Å². The summed E-state index contributed by atoms with van der Waals surface area (Å²) in [5, 5.41) is 10.7. The normalized spacial score (nSPS) is 24.0. The topological polar surface area (TPSA) is 49.5 Å². The molecule has 0 aliphatic heterocycles. The van der Waals surface area contributed by atoms with Gasteiger partial charge in [0, 0.05) is 12.7 Å². The van der Waals surface area contributed by atoms with E-state index >= 15 is 0 Å². The first-order chi connectivity index (χ1) is 8.50. The van der Waals surface area contributed by atoms with E-state index in [1.165, 1.54) is 6.42 Å². The monoisotopic (exact) mass is 268 g/mol. The summed E-state index contributed by atoms with van der Waals surface area (Å²) in [4.78, 5) is 2.14. The zero-order valence-corrected chi connectivity index (χ0v) is 11.7. The van der Waals surface area contributed by atoms with Crippen molar-refractivity contribution in [2.45, 2.75) is 44.8 Å². The van der Waals surface area contributed by atoms with Crippen molar-refractivity contribution in [3.8, 4) is 0 Å². The highest BCUT2D eigenvalue weighted by Crippen LogP contribution is 2.32. The van der Waals surface area contributed by atoms with Crippen LogP contribution in [-0.4, -0.2) is 24.3 Å². The lowest BCUT2D eigenvalue weighted by atomic mass is 9.91. The average Bonchev–Trinajstić information content (AvgIpc) is 2.33. The van der Waals surface area contributed by atoms with Gasteiger partial charge in [-0.05, 0) is 37.5 Å². The average molecular weight is 269 g/mol. The van der Waals surface area contributed by atoms with Crippen LogP contribution in [-0.2, 0) is 0 Å². The lowest BCUT2D eigenvalue weighted by molar-refractivity contribution is 0.106. The van der Waals surface area contributed by atoms with Gasteiger partial charge in [0.05, 0.1) is 22.9 Å². The Morgan fingerprint density at radius 2 is 2.00 bits per heavy atom. The Kier molecular flexibility index (Phi) is 4.03. The molecule has 3 nitrogen and oxygen atoms in total. The molecule has 0 saturated heterocycles. The van der Waals surface area contributed by atoms with E-state index in [0.29, 0.717) is 10.7 Å². The van der Waals surface area contributed by atoms with Crippen LogP contribution in [0.25, 0.3) is 0 Å². The number of halogens is 1. The largest absolute Gasteiger partial charge is 0.398 e. The predicted molar refractivity (Wildman–Crippen MR) is 77.3 cm³/mol. The Hall–Kier alpha value is -0.930. The molecule has 1 aromatic carbocycles. The first-order valence-corrected chi connectivity index (χ1v) is 6.85. The van der Waals surface area contributed by atoms with Crippen molar-refractivity contribution in [2.24, 2.45) is 0 Å². The summed E-state index contributed by atoms with van der Waals surface area (Å²) >= 11 is 6.09. The molecule has 1 aliphatic carbocycles. The van der Waals surface area contributed by atoms with Gasteiger partial charge in [-0.25, -0.2) is 0 Å². The minimum Gasteiger partial charge on any atom is -0.398 e. The van der Waals surface area contributed by atoms with Gasteiger partial charge in [-0.1, -0.05) is 24.4 Å². The molecule has 0 bridgehead atoms. The van der Waals surface area contributed by atoms with Gasteiger partial charge in [0.25, 0.3) is 0 Å². The third-order valence-corrected chi connectivity index (χ3v) is 4.21. The van der Waals surface area contributed by atoms with Gasteiger partial charge in [-0.2, -0.15) is 0 Å². The van der Waals surface area contributed by atoms with Crippen molar-refractivity contribution in [1.29, 1.82) is 0 Å². The van der Waals surface area contributed by atoms with Crippen LogP contribution < -0.4 is 10.6 Å². The maximum absolute atomic E-state index is 10.1. The van der Waals surface area contributed by atoms with E-state index in [4.69, 9.17) is 17.3 Å². The lowest BCUT2D eigenvalue weighted by Gasteiger charge is -2.37. The van der Waals surface area contributed by atoms with E-state index in [1.54, 1.807) is 0 Å². The SMILES string of the molecule is Cc1cc(N)c(Cl)cc1N(C)C1CCCCC1O. The number of nitrogens with zero attached hydrogens (tertiary/aromatic N) is 1. The van der Waals surface area contributed by atoms with E-state index in [1.807, 2.05) is 26.1 Å². The molecule has 1 aliphatic rings. The Bertz CT molecular complexity index is 436. The number of nitrogens with two attached hydrogens (primary N) is 1. The molecule has 2 unspecified atom stereocenters. The number of aryl methyl sites for hydroxylation is 1. The number of aliphatic hydroxyl groups excluding tert-OH is 1. The van der Waals surface area contributed by atoms with Crippen molar-refractivity contribution in [3.05, 3.63) is 22.7 Å². The summed E-state index contributed by atoms with van der Waals surface area (Å²) < 4.78 is 0. The van der Waals surface area contributed by atoms with Crippen molar-refractivity contribution in [3.63, 3.8) is 0 Å². The number of hydrogen-bond donors (Lipinski definition) is 2. The highest BCUT2D eigenvalue weighted by molar-refractivity contribution is 6.33. The molecule has 3 N–H and O–H groups in total. The van der Waals surface area contributed by atoms with Crippen molar-refractivity contribution < 1.29 is 5.11 Å². The van der Waals surface area contributed by atoms with Gasteiger partial charge < -0.3 is 15.7 Å². The highest BCUT2D eigenvalue weighted by Gasteiger charge is 2.27. The fourth-order valence-electron chi connectivity index (χ4n) is 2.80. The fraction of sp³-hybridized carbons (Fsp3) is 0.571. The first kappa shape index (κ1) is 13.5. The van der Waals surface area contributed by atoms with Gasteiger partial charge >= 0.3 is 0 Å². The quantitative estimate of drug-likeness (QED) is 0.811. The van der Waals surface area contributed by atoms with Gasteiger partial charge in [-0.15, -0.1) is 0 Å². The summed E-state index contributed by atoms with van der Waals surface area (Å²) in [7, 11) is 2.02. The highest BCUT2D eigenvalue weighted by atomic mass is 35.5. The van der Waals surface area contributed by atoms with E-state index in [-0.39, 0.29) is 12.1 Å². The van der Waals surface area contributed by atoms with E-state index in [0.717, 1.165) is 30.5 Å². The Morgan fingerprint density at radius 1 is 1.33 bits per heavy atom. The third-order valence-electron chi connectivity index (χ3n) is 3.89. The van der Waals surface area contributed by atoms with E-state index in [2.05, 4.69) is 4.90 Å². The molecule has 0 heterocycles. The van der Waals surface area contributed by atoms with Crippen LogP contribution in [0.5, 0.6) is 0 Å². The van der Waals surface area contributed by atoms with Crippen molar-refractivity contribution in [2.75, 3.05) is 17.7 Å². The maximum atomic E-state index is 10.1. The van der Waals surface area contributed by atoms with Crippen LogP contribution in [0, 0.1) is 6.92 Å². The van der Waals surface area contributed by atoms with Gasteiger partial charge in [0.2, 0.25) is 0 Å². The summed E-state index contributed by atoms with van der Waals surface area (Å²) in [5.74, 6) is 0. The van der Waals surface area contributed by atoms with Gasteiger partial charge in [0.15, 0.2) is 0 Å². The van der Waals surface area contributed by atoms with Gasteiger partial charge in [-0.3, -0.25) is 0 Å². The van der Waals surface area contributed by atoms with Crippen LogP contribution >= 0.6 is 11.6 Å². The molecule has 1 aromatic rings. The summed E-state index contributed by atoms with van der Waals surface area (Å²) in [6.45, 7) is 2.02. The fourth-order valence-corrected chi connectivity index (χ4v) is 2.95. The summed E-state index contributed by atoms with van der Waals surface area (Å²) in [5.41, 5.74) is 8.55. The number of aliphatic hydroxyl groups is 1.